The summed E-state index contributed by atoms with van der Waals surface area (Å²) in [5.41, 5.74) is 7.68. The fourth-order valence-corrected chi connectivity index (χ4v) is 3.94. The Bertz CT molecular complexity index is 442. The lowest BCUT2D eigenvalue weighted by molar-refractivity contribution is 0.0628. The van der Waals surface area contributed by atoms with Crippen LogP contribution in [0, 0.1) is 5.82 Å². The summed E-state index contributed by atoms with van der Waals surface area (Å²) < 4.78 is 14.0. The zero-order chi connectivity index (χ0) is 16.0. The molecule has 2 nitrogen and oxygen atoms in total. The van der Waals surface area contributed by atoms with Crippen LogP contribution in [0.25, 0.3) is 0 Å². The van der Waals surface area contributed by atoms with E-state index in [4.69, 9.17) is 5.73 Å². The standard InChI is InChI=1S/C17H28BrFN2/c1-5-17(6-2,21(7-3)8-4)16(20)11-13-9-10-14(19)12-15(13)18/h9-10,12,16H,5-8,11,20H2,1-4H3. The molecule has 0 aliphatic heterocycles. The summed E-state index contributed by atoms with van der Waals surface area (Å²) in [5.74, 6) is -0.222. The molecule has 0 aromatic heterocycles. The predicted octanol–water partition coefficient (Wildman–Crippen LogP) is 4.36. The third-order valence-electron chi connectivity index (χ3n) is 4.76. The molecular weight excluding hydrogens is 331 g/mol. The van der Waals surface area contributed by atoms with Gasteiger partial charge in [0.2, 0.25) is 0 Å². The van der Waals surface area contributed by atoms with E-state index in [0.29, 0.717) is 0 Å². The highest BCUT2D eigenvalue weighted by Gasteiger charge is 2.37. The Hall–Kier alpha value is -0.450. The number of nitrogens with zero attached hydrogens (tertiary/aromatic N) is 1. The van der Waals surface area contributed by atoms with E-state index in [1.54, 1.807) is 0 Å². The first-order chi connectivity index (χ1) is 9.94. The second kappa shape index (κ2) is 8.25. The highest BCUT2D eigenvalue weighted by Crippen LogP contribution is 2.30. The second-order valence-electron chi connectivity index (χ2n) is 5.53. The molecule has 0 aliphatic rings. The number of halogens is 2. The molecule has 4 heteroatoms. The van der Waals surface area contributed by atoms with Crippen molar-refractivity contribution in [3.8, 4) is 0 Å². The van der Waals surface area contributed by atoms with Crippen molar-refractivity contribution >= 4 is 15.9 Å². The van der Waals surface area contributed by atoms with Crippen molar-refractivity contribution in [2.45, 2.75) is 58.5 Å². The summed E-state index contributed by atoms with van der Waals surface area (Å²) in [6.45, 7) is 10.8. The van der Waals surface area contributed by atoms with Crippen LogP contribution >= 0.6 is 15.9 Å². The van der Waals surface area contributed by atoms with E-state index >= 15 is 0 Å². The Morgan fingerprint density at radius 3 is 2.19 bits per heavy atom. The normalized spacial score (nSPS) is 13.7. The third kappa shape index (κ3) is 4.05. The number of benzene rings is 1. The fraction of sp³-hybridized carbons (Fsp3) is 0.647. The Morgan fingerprint density at radius 1 is 1.19 bits per heavy atom. The molecule has 120 valence electrons. The summed E-state index contributed by atoms with van der Waals surface area (Å²) in [5, 5.41) is 0. The predicted molar refractivity (Wildman–Crippen MR) is 92.0 cm³/mol. The van der Waals surface area contributed by atoms with Gasteiger partial charge in [-0.3, -0.25) is 4.90 Å². The van der Waals surface area contributed by atoms with Crippen LogP contribution in [0.3, 0.4) is 0 Å². The summed E-state index contributed by atoms with van der Waals surface area (Å²) in [6.07, 6.45) is 2.79. The van der Waals surface area contributed by atoms with Crippen LogP contribution in [0.4, 0.5) is 4.39 Å². The van der Waals surface area contributed by atoms with Gasteiger partial charge in [0.1, 0.15) is 5.82 Å². The Morgan fingerprint density at radius 2 is 1.76 bits per heavy atom. The summed E-state index contributed by atoms with van der Waals surface area (Å²) in [4.78, 5) is 2.47. The van der Waals surface area contributed by atoms with Crippen LogP contribution in [0.2, 0.25) is 0 Å². The lowest BCUT2D eigenvalue weighted by atomic mass is 9.80. The van der Waals surface area contributed by atoms with Crippen molar-refractivity contribution in [1.29, 1.82) is 0 Å². The second-order valence-corrected chi connectivity index (χ2v) is 6.38. The maximum Gasteiger partial charge on any atom is 0.124 e. The van der Waals surface area contributed by atoms with Gasteiger partial charge >= 0.3 is 0 Å². The molecule has 1 rings (SSSR count). The minimum atomic E-state index is -0.222. The molecule has 0 bridgehead atoms. The molecule has 0 aliphatic carbocycles. The SMILES string of the molecule is CCN(CC)C(CC)(CC)C(N)Cc1ccc(F)cc1Br. The van der Waals surface area contributed by atoms with Gasteiger partial charge in [-0.15, -0.1) is 0 Å². The zero-order valence-corrected chi connectivity index (χ0v) is 15.2. The summed E-state index contributed by atoms with van der Waals surface area (Å²) >= 11 is 3.45. The van der Waals surface area contributed by atoms with Crippen molar-refractivity contribution in [1.82, 2.24) is 4.90 Å². The first-order valence-corrected chi connectivity index (χ1v) is 8.68. The van der Waals surface area contributed by atoms with Crippen molar-refractivity contribution in [2.75, 3.05) is 13.1 Å². The fourth-order valence-electron chi connectivity index (χ4n) is 3.42. The molecule has 0 fully saturated rings. The van der Waals surface area contributed by atoms with Gasteiger partial charge in [0, 0.05) is 16.1 Å². The molecule has 0 amide bonds. The quantitative estimate of drug-likeness (QED) is 0.747. The molecule has 0 radical (unpaired) electrons. The van der Waals surface area contributed by atoms with Crippen molar-refractivity contribution in [3.05, 3.63) is 34.1 Å². The van der Waals surface area contributed by atoms with Crippen LogP contribution in [-0.4, -0.2) is 29.6 Å². The Kier molecular flexibility index (Phi) is 7.31. The molecule has 0 saturated heterocycles. The van der Waals surface area contributed by atoms with Gasteiger partial charge in [0.05, 0.1) is 0 Å². The molecule has 21 heavy (non-hydrogen) atoms. The van der Waals surface area contributed by atoms with Gasteiger partial charge in [-0.2, -0.15) is 0 Å². The van der Waals surface area contributed by atoms with Crippen molar-refractivity contribution in [3.63, 3.8) is 0 Å². The number of rotatable bonds is 8. The molecule has 1 atom stereocenters. The molecule has 0 saturated carbocycles. The van der Waals surface area contributed by atoms with Crippen LogP contribution in [0.15, 0.2) is 22.7 Å². The van der Waals surface area contributed by atoms with Gasteiger partial charge in [-0.25, -0.2) is 4.39 Å². The lowest BCUT2D eigenvalue weighted by Crippen LogP contribution is -2.60. The number of hydrogen-bond donors (Lipinski definition) is 1. The van der Waals surface area contributed by atoms with E-state index < -0.39 is 0 Å². The molecular formula is C17H28BrFN2. The number of likely N-dealkylation sites (N-methyl/N-ethyl adjacent to an activating group) is 1. The summed E-state index contributed by atoms with van der Waals surface area (Å²) in [6, 6.07) is 4.87. The lowest BCUT2D eigenvalue weighted by Gasteiger charge is -2.46. The molecule has 2 N–H and O–H groups in total. The van der Waals surface area contributed by atoms with E-state index in [-0.39, 0.29) is 17.4 Å². The molecule has 1 aromatic carbocycles. The average Bonchev–Trinajstić information content (AvgIpc) is 2.47. The molecule has 0 spiro atoms. The Balaban J connectivity index is 3.03. The molecule has 1 unspecified atom stereocenters. The molecule has 0 heterocycles. The first-order valence-electron chi connectivity index (χ1n) is 7.89. The maximum absolute atomic E-state index is 13.2. The van der Waals surface area contributed by atoms with Gasteiger partial charge < -0.3 is 5.73 Å². The van der Waals surface area contributed by atoms with Crippen LogP contribution in [0.1, 0.15) is 46.1 Å². The highest BCUT2D eigenvalue weighted by atomic mass is 79.9. The van der Waals surface area contributed by atoms with Gasteiger partial charge in [-0.05, 0) is 50.0 Å². The van der Waals surface area contributed by atoms with E-state index in [0.717, 1.165) is 42.4 Å². The zero-order valence-electron chi connectivity index (χ0n) is 13.6. The maximum atomic E-state index is 13.2. The minimum Gasteiger partial charge on any atom is -0.326 e. The van der Waals surface area contributed by atoms with Crippen LogP contribution in [-0.2, 0) is 6.42 Å². The van der Waals surface area contributed by atoms with Gasteiger partial charge in [-0.1, -0.05) is 49.7 Å². The monoisotopic (exact) mass is 358 g/mol. The van der Waals surface area contributed by atoms with Crippen LogP contribution in [0.5, 0.6) is 0 Å². The topological polar surface area (TPSA) is 29.3 Å². The summed E-state index contributed by atoms with van der Waals surface area (Å²) in [7, 11) is 0. The van der Waals surface area contributed by atoms with Gasteiger partial charge in [0.25, 0.3) is 0 Å². The van der Waals surface area contributed by atoms with E-state index in [9.17, 15) is 4.39 Å². The van der Waals surface area contributed by atoms with Crippen molar-refractivity contribution in [2.24, 2.45) is 5.73 Å². The third-order valence-corrected chi connectivity index (χ3v) is 5.50. The largest absolute Gasteiger partial charge is 0.326 e. The highest BCUT2D eigenvalue weighted by molar-refractivity contribution is 9.10. The van der Waals surface area contributed by atoms with E-state index in [1.807, 2.05) is 6.07 Å². The number of nitrogens with two attached hydrogens (primary N) is 1. The smallest absolute Gasteiger partial charge is 0.124 e. The van der Waals surface area contributed by atoms with E-state index in [1.165, 1.54) is 12.1 Å². The average molecular weight is 359 g/mol. The van der Waals surface area contributed by atoms with Crippen molar-refractivity contribution < 1.29 is 4.39 Å². The Labute approximate surface area is 137 Å². The van der Waals surface area contributed by atoms with Gasteiger partial charge in [0.15, 0.2) is 0 Å². The minimum absolute atomic E-state index is 0.00265. The molecule has 1 aromatic rings. The first kappa shape index (κ1) is 18.6. The van der Waals surface area contributed by atoms with Crippen LogP contribution < -0.4 is 5.73 Å². The number of hydrogen-bond acceptors (Lipinski definition) is 2. The van der Waals surface area contributed by atoms with E-state index in [2.05, 4.69) is 48.5 Å².